The SMILES string of the molecule is CN=C(NCc1csc(C(C)C)n1)NC1CCC(NC(=O)OC(C)(C)C)CC1.I. The van der Waals surface area contributed by atoms with Crippen LogP contribution in [0.1, 0.15) is 76.9 Å². The first-order chi connectivity index (χ1) is 13.2. The lowest BCUT2D eigenvalue weighted by molar-refractivity contribution is 0.0490. The maximum Gasteiger partial charge on any atom is 0.407 e. The predicted octanol–water partition coefficient (Wildman–Crippen LogP) is 4.39. The minimum absolute atomic E-state index is 0. The van der Waals surface area contributed by atoms with Crippen molar-refractivity contribution < 1.29 is 9.53 Å². The van der Waals surface area contributed by atoms with Crippen molar-refractivity contribution in [3.63, 3.8) is 0 Å². The second-order valence-corrected chi connectivity index (χ2v) is 9.49. The molecule has 0 unspecified atom stereocenters. The molecule has 0 saturated heterocycles. The Labute approximate surface area is 195 Å². The fourth-order valence-corrected chi connectivity index (χ4v) is 3.92. The van der Waals surface area contributed by atoms with Crippen LogP contribution in [-0.4, -0.2) is 41.8 Å². The van der Waals surface area contributed by atoms with Crippen LogP contribution in [0.2, 0.25) is 0 Å². The second kappa shape index (κ2) is 11.9. The molecule has 1 aromatic heterocycles. The number of hydrogen-bond donors (Lipinski definition) is 3. The standard InChI is InChI=1S/C20H35N5O2S.HI/c1-13(2)17-23-16(12-28-17)11-22-18(21-6)24-14-7-9-15(10-8-14)25-19(26)27-20(3,4)5;/h12-15H,7-11H2,1-6H3,(H,25,26)(H2,21,22,24);1H. The number of hydrogen-bond acceptors (Lipinski definition) is 5. The van der Waals surface area contributed by atoms with Gasteiger partial charge in [0.05, 0.1) is 17.2 Å². The largest absolute Gasteiger partial charge is 0.444 e. The van der Waals surface area contributed by atoms with Crippen LogP contribution < -0.4 is 16.0 Å². The molecule has 1 aliphatic carbocycles. The van der Waals surface area contributed by atoms with Gasteiger partial charge >= 0.3 is 6.09 Å². The highest BCUT2D eigenvalue weighted by atomic mass is 127. The lowest BCUT2D eigenvalue weighted by atomic mass is 9.91. The fraction of sp³-hybridized carbons (Fsp3) is 0.750. The minimum atomic E-state index is -0.464. The molecular weight excluding hydrogens is 501 g/mol. The van der Waals surface area contributed by atoms with Crippen molar-refractivity contribution in [2.24, 2.45) is 4.99 Å². The lowest BCUT2D eigenvalue weighted by Crippen LogP contribution is -2.47. The Balaban J connectivity index is 0.00000420. The van der Waals surface area contributed by atoms with Crippen LogP contribution >= 0.6 is 35.3 Å². The number of rotatable bonds is 5. The van der Waals surface area contributed by atoms with Crippen LogP contribution in [0, 0.1) is 0 Å². The highest BCUT2D eigenvalue weighted by Crippen LogP contribution is 2.20. The molecule has 0 aromatic carbocycles. The van der Waals surface area contributed by atoms with E-state index in [-0.39, 0.29) is 36.1 Å². The van der Waals surface area contributed by atoms with E-state index in [1.54, 1.807) is 18.4 Å². The molecule has 0 aliphatic heterocycles. The van der Waals surface area contributed by atoms with E-state index in [9.17, 15) is 4.79 Å². The average molecular weight is 538 g/mol. The second-order valence-electron chi connectivity index (χ2n) is 8.60. The summed E-state index contributed by atoms with van der Waals surface area (Å²) in [4.78, 5) is 20.9. The number of carbonyl (C=O) groups excluding carboxylic acids is 1. The number of carbonyl (C=O) groups is 1. The molecule has 29 heavy (non-hydrogen) atoms. The third-order valence-corrected chi connectivity index (χ3v) is 5.71. The van der Waals surface area contributed by atoms with Gasteiger partial charge in [0.25, 0.3) is 0 Å². The molecule has 1 heterocycles. The van der Waals surface area contributed by atoms with Crippen molar-refractivity contribution in [2.75, 3.05) is 7.05 Å². The van der Waals surface area contributed by atoms with Gasteiger partial charge in [-0.3, -0.25) is 4.99 Å². The van der Waals surface area contributed by atoms with E-state index in [0.29, 0.717) is 18.5 Å². The van der Waals surface area contributed by atoms with Crippen molar-refractivity contribution in [2.45, 2.75) is 90.4 Å². The molecule has 9 heteroatoms. The molecule has 7 nitrogen and oxygen atoms in total. The predicted molar refractivity (Wildman–Crippen MR) is 130 cm³/mol. The molecule has 0 bridgehead atoms. The van der Waals surface area contributed by atoms with Gasteiger partial charge in [0.15, 0.2) is 5.96 Å². The minimum Gasteiger partial charge on any atom is -0.444 e. The Morgan fingerprint density at radius 1 is 1.24 bits per heavy atom. The zero-order valence-corrected chi connectivity index (χ0v) is 21.5. The van der Waals surface area contributed by atoms with E-state index < -0.39 is 5.60 Å². The van der Waals surface area contributed by atoms with Gasteiger partial charge < -0.3 is 20.7 Å². The first-order valence-corrected chi connectivity index (χ1v) is 10.9. The molecule has 1 amide bonds. The summed E-state index contributed by atoms with van der Waals surface area (Å²) in [7, 11) is 1.78. The van der Waals surface area contributed by atoms with Gasteiger partial charge in [-0.25, -0.2) is 9.78 Å². The summed E-state index contributed by atoms with van der Waals surface area (Å²) in [5.41, 5.74) is 0.579. The number of guanidine groups is 1. The molecule has 1 saturated carbocycles. The Morgan fingerprint density at radius 2 is 1.83 bits per heavy atom. The number of amides is 1. The van der Waals surface area contributed by atoms with E-state index in [0.717, 1.165) is 42.3 Å². The molecule has 0 spiro atoms. The summed E-state index contributed by atoms with van der Waals surface area (Å²) in [6, 6.07) is 0.525. The normalized spacial score (nSPS) is 20.0. The van der Waals surface area contributed by atoms with Crippen LogP contribution in [0.15, 0.2) is 10.4 Å². The van der Waals surface area contributed by atoms with Crippen molar-refractivity contribution in [1.82, 2.24) is 20.9 Å². The van der Waals surface area contributed by atoms with E-state index >= 15 is 0 Å². The fourth-order valence-electron chi connectivity index (χ4n) is 3.09. The lowest BCUT2D eigenvalue weighted by Gasteiger charge is -2.31. The molecule has 1 aromatic rings. The zero-order valence-electron chi connectivity index (χ0n) is 18.4. The third kappa shape index (κ3) is 9.50. The smallest absolute Gasteiger partial charge is 0.407 e. The summed E-state index contributed by atoms with van der Waals surface area (Å²) >= 11 is 1.70. The van der Waals surface area contributed by atoms with Crippen molar-refractivity contribution in [1.29, 1.82) is 0 Å². The molecular formula is C20H36IN5O2S. The van der Waals surface area contributed by atoms with E-state index in [4.69, 9.17) is 4.74 Å². The van der Waals surface area contributed by atoms with Gasteiger partial charge in [-0.2, -0.15) is 0 Å². The van der Waals surface area contributed by atoms with Gasteiger partial charge in [0.2, 0.25) is 0 Å². The first kappa shape index (κ1) is 25.9. The molecule has 0 atom stereocenters. The van der Waals surface area contributed by atoms with Gasteiger partial charge in [0, 0.05) is 30.4 Å². The molecule has 3 N–H and O–H groups in total. The number of thiazole rings is 1. The van der Waals surface area contributed by atoms with Gasteiger partial charge in [0.1, 0.15) is 5.60 Å². The summed E-state index contributed by atoms with van der Waals surface area (Å²) < 4.78 is 5.34. The number of aliphatic imine (C=N–C) groups is 1. The van der Waals surface area contributed by atoms with Crippen LogP contribution in [0.4, 0.5) is 4.79 Å². The third-order valence-electron chi connectivity index (χ3n) is 4.51. The Kier molecular flexibility index (Phi) is 10.7. The average Bonchev–Trinajstić information content (AvgIpc) is 3.07. The van der Waals surface area contributed by atoms with Crippen LogP contribution in [0.5, 0.6) is 0 Å². The first-order valence-electron chi connectivity index (χ1n) is 10.1. The van der Waals surface area contributed by atoms with Crippen molar-refractivity contribution >= 4 is 47.4 Å². The van der Waals surface area contributed by atoms with Gasteiger partial charge in [-0.05, 0) is 46.5 Å². The summed E-state index contributed by atoms with van der Waals surface area (Å²) in [6.07, 6.45) is 3.49. The monoisotopic (exact) mass is 537 g/mol. The van der Waals surface area contributed by atoms with Crippen LogP contribution in [0.3, 0.4) is 0 Å². The molecule has 0 radical (unpaired) electrons. The number of nitrogens with one attached hydrogen (secondary N) is 3. The molecule has 2 rings (SSSR count). The van der Waals surface area contributed by atoms with E-state index in [2.05, 4.69) is 45.2 Å². The number of ether oxygens (including phenoxy) is 1. The topological polar surface area (TPSA) is 87.6 Å². The van der Waals surface area contributed by atoms with Crippen molar-refractivity contribution in [3.05, 3.63) is 16.1 Å². The number of halogens is 1. The maximum atomic E-state index is 11.9. The van der Waals surface area contributed by atoms with E-state index in [1.165, 1.54) is 0 Å². The maximum absolute atomic E-state index is 11.9. The molecule has 166 valence electrons. The summed E-state index contributed by atoms with van der Waals surface area (Å²) in [6.45, 7) is 10.6. The number of nitrogens with zero attached hydrogens (tertiary/aromatic N) is 2. The highest BCUT2D eigenvalue weighted by Gasteiger charge is 2.25. The zero-order chi connectivity index (χ0) is 20.7. The quantitative estimate of drug-likeness (QED) is 0.295. The highest BCUT2D eigenvalue weighted by molar-refractivity contribution is 14.0. The Hall–Kier alpha value is -1.10. The van der Waals surface area contributed by atoms with E-state index in [1.807, 2.05) is 20.8 Å². The summed E-state index contributed by atoms with van der Waals surface area (Å²) in [5.74, 6) is 1.25. The Bertz CT molecular complexity index is 664. The van der Waals surface area contributed by atoms with Gasteiger partial charge in [-0.1, -0.05) is 13.8 Å². The number of aromatic nitrogens is 1. The molecule has 1 fully saturated rings. The summed E-state index contributed by atoms with van der Waals surface area (Å²) in [5, 5.41) is 13.1. The Morgan fingerprint density at radius 3 is 2.31 bits per heavy atom. The van der Waals surface area contributed by atoms with Gasteiger partial charge in [-0.15, -0.1) is 35.3 Å². The molecule has 1 aliphatic rings. The van der Waals surface area contributed by atoms with Crippen LogP contribution in [0.25, 0.3) is 0 Å². The van der Waals surface area contributed by atoms with Crippen molar-refractivity contribution in [3.8, 4) is 0 Å². The number of alkyl carbamates (subject to hydrolysis) is 1. The van der Waals surface area contributed by atoms with Crippen LogP contribution in [-0.2, 0) is 11.3 Å².